The molecule has 2 amide bonds. The molecule has 1 aliphatic rings. The Hall–Kier alpha value is -2.77. The number of hydrogen-bond donors (Lipinski definition) is 2. The molecule has 31 heavy (non-hydrogen) atoms. The molecule has 2 aromatic rings. The quantitative estimate of drug-likeness (QED) is 0.681. The summed E-state index contributed by atoms with van der Waals surface area (Å²) < 4.78 is 13.0. The number of piperazine rings is 1. The van der Waals surface area contributed by atoms with E-state index in [-0.39, 0.29) is 30.2 Å². The zero-order valence-electron chi connectivity index (χ0n) is 18.2. The van der Waals surface area contributed by atoms with Crippen LogP contribution >= 0.6 is 0 Å². The van der Waals surface area contributed by atoms with Gasteiger partial charge in [-0.25, -0.2) is 4.39 Å². The molecular weight excluding hydrogens is 395 g/mol. The van der Waals surface area contributed by atoms with Crippen molar-refractivity contribution >= 4 is 17.5 Å². The second-order valence-electron chi connectivity index (χ2n) is 8.23. The Labute approximate surface area is 183 Å². The molecule has 1 heterocycles. The van der Waals surface area contributed by atoms with Crippen molar-refractivity contribution in [3.63, 3.8) is 0 Å². The summed E-state index contributed by atoms with van der Waals surface area (Å²) in [4.78, 5) is 28.8. The van der Waals surface area contributed by atoms with Crippen LogP contribution in [0.1, 0.15) is 25.5 Å². The van der Waals surface area contributed by atoms with Crippen molar-refractivity contribution in [3.05, 3.63) is 66.0 Å². The number of hydrogen-bond acceptors (Lipinski definition) is 4. The van der Waals surface area contributed by atoms with E-state index in [1.807, 2.05) is 28.0 Å². The topological polar surface area (TPSA) is 64.7 Å². The predicted octanol–water partition coefficient (Wildman–Crippen LogP) is 2.90. The first-order valence-electron chi connectivity index (χ1n) is 10.8. The molecule has 0 aromatic heterocycles. The molecule has 166 valence electrons. The van der Waals surface area contributed by atoms with Gasteiger partial charge in [0.05, 0.1) is 13.1 Å². The van der Waals surface area contributed by atoms with Gasteiger partial charge < -0.3 is 15.5 Å². The smallest absolute Gasteiger partial charge is 0.238 e. The number of halogens is 1. The third-order valence-corrected chi connectivity index (χ3v) is 5.52. The maximum atomic E-state index is 13.0. The van der Waals surface area contributed by atoms with Gasteiger partial charge in [0, 0.05) is 37.9 Å². The Morgan fingerprint density at radius 3 is 2.23 bits per heavy atom. The van der Waals surface area contributed by atoms with Gasteiger partial charge in [-0.3, -0.25) is 14.5 Å². The highest BCUT2D eigenvalue weighted by Gasteiger charge is 2.24. The Kier molecular flexibility index (Phi) is 8.14. The van der Waals surface area contributed by atoms with Crippen molar-refractivity contribution in [1.29, 1.82) is 0 Å². The lowest BCUT2D eigenvalue weighted by molar-refractivity contribution is -0.132. The van der Waals surface area contributed by atoms with Crippen LogP contribution in [0.3, 0.4) is 0 Å². The standard InChI is InChI=1S/C24H31FN4O2/c1-18(2)24(19-6-4-3-5-7-19)26-16-23(31)29-14-12-28(13-15-29)17-22(30)27-21-10-8-20(25)9-11-21/h3-11,18,24,26H,12-17H2,1-2H3,(H,27,30)/t24-/m0/s1. The summed E-state index contributed by atoms with van der Waals surface area (Å²) in [6, 6.07) is 16.0. The fraction of sp³-hybridized carbons (Fsp3) is 0.417. The predicted molar refractivity (Wildman–Crippen MR) is 120 cm³/mol. The van der Waals surface area contributed by atoms with Gasteiger partial charge >= 0.3 is 0 Å². The Morgan fingerprint density at radius 2 is 1.61 bits per heavy atom. The first kappa shape index (κ1) is 22.9. The minimum absolute atomic E-state index is 0.0806. The van der Waals surface area contributed by atoms with E-state index in [0.717, 1.165) is 0 Å². The molecule has 2 aromatic carbocycles. The molecule has 1 saturated heterocycles. The van der Waals surface area contributed by atoms with Crippen LogP contribution in [0.4, 0.5) is 10.1 Å². The summed E-state index contributed by atoms with van der Waals surface area (Å²) in [7, 11) is 0. The average molecular weight is 427 g/mol. The third kappa shape index (κ3) is 6.87. The van der Waals surface area contributed by atoms with Crippen LogP contribution < -0.4 is 10.6 Å². The number of benzene rings is 2. The van der Waals surface area contributed by atoms with Crippen LogP contribution in [-0.2, 0) is 9.59 Å². The summed E-state index contributed by atoms with van der Waals surface area (Å²) in [5, 5.41) is 6.18. The lowest BCUT2D eigenvalue weighted by Crippen LogP contribution is -2.52. The molecular formula is C24H31FN4O2. The molecule has 2 N–H and O–H groups in total. The minimum Gasteiger partial charge on any atom is -0.339 e. The Balaban J connectivity index is 1.42. The minimum atomic E-state index is -0.336. The second-order valence-corrected chi connectivity index (χ2v) is 8.23. The zero-order valence-corrected chi connectivity index (χ0v) is 18.2. The van der Waals surface area contributed by atoms with Gasteiger partial charge in [0.25, 0.3) is 0 Å². The second kappa shape index (κ2) is 11.0. The van der Waals surface area contributed by atoms with E-state index in [0.29, 0.717) is 44.3 Å². The molecule has 0 saturated carbocycles. The van der Waals surface area contributed by atoms with Crippen molar-refractivity contribution in [3.8, 4) is 0 Å². The van der Waals surface area contributed by atoms with Crippen molar-refractivity contribution in [2.75, 3.05) is 44.6 Å². The maximum Gasteiger partial charge on any atom is 0.238 e. The zero-order chi connectivity index (χ0) is 22.2. The lowest BCUT2D eigenvalue weighted by Gasteiger charge is -2.35. The first-order chi connectivity index (χ1) is 14.9. The van der Waals surface area contributed by atoms with Crippen molar-refractivity contribution < 1.29 is 14.0 Å². The van der Waals surface area contributed by atoms with Gasteiger partial charge in [-0.15, -0.1) is 0 Å². The van der Waals surface area contributed by atoms with E-state index >= 15 is 0 Å². The molecule has 1 aliphatic heterocycles. The van der Waals surface area contributed by atoms with Gasteiger partial charge in [-0.2, -0.15) is 0 Å². The molecule has 0 spiro atoms. The van der Waals surface area contributed by atoms with E-state index in [9.17, 15) is 14.0 Å². The van der Waals surface area contributed by atoms with Gasteiger partial charge in [0.15, 0.2) is 0 Å². The first-order valence-corrected chi connectivity index (χ1v) is 10.8. The fourth-order valence-electron chi connectivity index (χ4n) is 3.80. The monoisotopic (exact) mass is 426 g/mol. The maximum absolute atomic E-state index is 13.0. The summed E-state index contributed by atoms with van der Waals surface area (Å²) >= 11 is 0. The normalized spacial score (nSPS) is 15.7. The van der Waals surface area contributed by atoms with Crippen LogP contribution in [-0.4, -0.2) is 60.9 Å². The Morgan fingerprint density at radius 1 is 0.968 bits per heavy atom. The Bertz CT molecular complexity index is 850. The van der Waals surface area contributed by atoms with E-state index in [4.69, 9.17) is 0 Å². The SMILES string of the molecule is CC(C)[C@H](NCC(=O)N1CCN(CC(=O)Nc2ccc(F)cc2)CC1)c1ccccc1. The number of nitrogens with one attached hydrogen (secondary N) is 2. The van der Waals surface area contributed by atoms with Crippen LogP contribution in [0.5, 0.6) is 0 Å². The summed E-state index contributed by atoms with van der Waals surface area (Å²) in [6.45, 7) is 7.33. The van der Waals surface area contributed by atoms with Gasteiger partial charge in [-0.1, -0.05) is 44.2 Å². The average Bonchev–Trinajstić information content (AvgIpc) is 2.76. The summed E-state index contributed by atoms with van der Waals surface area (Å²) in [5.41, 5.74) is 1.76. The molecule has 0 radical (unpaired) electrons. The third-order valence-electron chi connectivity index (χ3n) is 5.52. The number of anilines is 1. The van der Waals surface area contributed by atoms with E-state index < -0.39 is 0 Å². The molecule has 6 nitrogen and oxygen atoms in total. The van der Waals surface area contributed by atoms with Crippen LogP contribution in [0.2, 0.25) is 0 Å². The fourth-order valence-corrected chi connectivity index (χ4v) is 3.80. The number of carbonyl (C=O) groups excluding carboxylic acids is 2. The van der Waals surface area contributed by atoms with Crippen LogP contribution in [0.15, 0.2) is 54.6 Å². The molecule has 0 bridgehead atoms. The van der Waals surface area contributed by atoms with Crippen molar-refractivity contribution in [2.45, 2.75) is 19.9 Å². The largest absolute Gasteiger partial charge is 0.339 e. The summed E-state index contributed by atoms with van der Waals surface area (Å²) in [6.07, 6.45) is 0. The van der Waals surface area contributed by atoms with Gasteiger partial charge in [0.2, 0.25) is 11.8 Å². The van der Waals surface area contributed by atoms with E-state index in [1.54, 1.807) is 0 Å². The lowest BCUT2D eigenvalue weighted by atomic mass is 9.96. The number of rotatable bonds is 8. The highest BCUT2D eigenvalue weighted by molar-refractivity contribution is 5.92. The highest BCUT2D eigenvalue weighted by atomic mass is 19.1. The van der Waals surface area contributed by atoms with Crippen LogP contribution in [0, 0.1) is 11.7 Å². The van der Waals surface area contributed by atoms with Crippen molar-refractivity contribution in [2.24, 2.45) is 5.92 Å². The number of nitrogens with zero attached hydrogens (tertiary/aromatic N) is 2. The van der Waals surface area contributed by atoms with Gasteiger partial charge in [-0.05, 0) is 35.7 Å². The molecule has 7 heteroatoms. The summed E-state index contributed by atoms with van der Waals surface area (Å²) in [5.74, 6) is -0.0314. The molecule has 0 unspecified atom stereocenters. The molecule has 1 atom stereocenters. The number of amides is 2. The number of carbonyl (C=O) groups is 2. The van der Waals surface area contributed by atoms with E-state index in [2.05, 4.69) is 36.6 Å². The molecule has 0 aliphatic carbocycles. The van der Waals surface area contributed by atoms with E-state index in [1.165, 1.54) is 29.8 Å². The van der Waals surface area contributed by atoms with Crippen molar-refractivity contribution in [1.82, 2.24) is 15.1 Å². The molecule has 3 rings (SSSR count). The van der Waals surface area contributed by atoms with Gasteiger partial charge in [0.1, 0.15) is 5.82 Å². The van der Waals surface area contributed by atoms with Crippen LogP contribution in [0.25, 0.3) is 0 Å². The highest BCUT2D eigenvalue weighted by Crippen LogP contribution is 2.21. The molecule has 1 fully saturated rings.